The van der Waals surface area contributed by atoms with Gasteiger partial charge in [0.05, 0.1) is 16.6 Å². The average molecular weight is 264 g/mol. The van der Waals surface area contributed by atoms with Gasteiger partial charge in [-0.25, -0.2) is 4.39 Å². The highest BCUT2D eigenvalue weighted by Crippen LogP contribution is 2.33. The van der Waals surface area contributed by atoms with E-state index in [-0.39, 0.29) is 11.7 Å². The van der Waals surface area contributed by atoms with Gasteiger partial charge >= 0.3 is 0 Å². The molecule has 19 heavy (non-hydrogen) atoms. The molecule has 2 rings (SSSR count). The molecule has 1 saturated heterocycles. The van der Waals surface area contributed by atoms with E-state index in [0.29, 0.717) is 18.8 Å². The number of hydrogen-bond acceptors (Lipinski definition) is 2. The van der Waals surface area contributed by atoms with Gasteiger partial charge in [-0.1, -0.05) is 12.1 Å². The Hall–Kier alpha value is -1.42. The molecule has 0 unspecified atom stereocenters. The van der Waals surface area contributed by atoms with Crippen molar-refractivity contribution in [2.24, 2.45) is 5.41 Å². The molecule has 0 saturated carbocycles. The topological polar surface area (TPSA) is 32.3 Å². The standard InChI is InChI=1S/C15H21FN2O/c1-14(2)9-17-10-15(3,4)18(13(14)19)12-8-6-5-7-11(12)16/h5-8,17H,9-10H2,1-4H3. The molecular weight excluding hydrogens is 243 g/mol. The first kappa shape index (κ1) is 14.0. The predicted octanol–water partition coefficient (Wildman–Crippen LogP) is 2.57. The van der Waals surface area contributed by atoms with Crippen LogP contribution in [0.4, 0.5) is 10.1 Å². The van der Waals surface area contributed by atoms with E-state index in [1.54, 1.807) is 23.1 Å². The number of nitrogens with zero attached hydrogens (tertiary/aromatic N) is 1. The normalized spacial score (nSPS) is 22.2. The quantitative estimate of drug-likeness (QED) is 0.845. The number of hydrogen-bond donors (Lipinski definition) is 1. The minimum Gasteiger partial charge on any atom is -0.313 e. The summed E-state index contributed by atoms with van der Waals surface area (Å²) in [6, 6.07) is 6.45. The van der Waals surface area contributed by atoms with Crippen LogP contribution in [-0.2, 0) is 4.79 Å². The number of amides is 1. The third-order valence-corrected chi connectivity index (χ3v) is 3.61. The Kier molecular flexibility index (Phi) is 3.39. The van der Waals surface area contributed by atoms with E-state index in [4.69, 9.17) is 0 Å². The second-order valence-corrected chi connectivity index (χ2v) is 6.39. The number of halogens is 1. The molecule has 1 aromatic rings. The number of anilines is 1. The molecular formula is C15H21FN2O. The average Bonchev–Trinajstić information content (AvgIpc) is 2.37. The molecule has 0 bridgehead atoms. The molecule has 0 spiro atoms. The zero-order valence-electron chi connectivity index (χ0n) is 12.0. The Morgan fingerprint density at radius 1 is 1.16 bits per heavy atom. The van der Waals surface area contributed by atoms with Gasteiger partial charge in [0.15, 0.2) is 0 Å². The maximum absolute atomic E-state index is 14.1. The summed E-state index contributed by atoms with van der Waals surface area (Å²) in [5.41, 5.74) is -0.655. The summed E-state index contributed by atoms with van der Waals surface area (Å²) in [6.07, 6.45) is 0. The lowest BCUT2D eigenvalue weighted by Gasteiger charge is -2.39. The summed E-state index contributed by atoms with van der Waals surface area (Å²) in [4.78, 5) is 14.4. The van der Waals surface area contributed by atoms with Crippen molar-refractivity contribution in [3.63, 3.8) is 0 Å². The van der Waals surface area contributed by atoms with Gasteiger partial charge in [0.25, 0.3) is 0 Å². The Bertz CT molecular complexity index is 497. The van der Waals surface area contributed by atoms with Crippen molar-refractivity contribution in [3.05, 3.63) is 30.1 Å². The van der Waals surface area contributed by atoms with Crippen molar-refractivity contribution in [1.82, 2.24) is 5.32 Å². The molecule has 3 nitrogen and oxygen atoms in total. The van der Waals surface area contributed by atoms with Crippen molar-refractivity contribution in [3.8, 4) is 0 Å². The number of benzene rings is 1. The molecule has 0 radical (unpaired) electrons. The van der Waals surface area contributed by atoms with E-state index in [1.807, 2.05) is 27.7 Å². The second-order valence-electron chi connectivity index (χ2n) is 6.39. The monoisotopic (exact) mass is 264 g/mol. The van der Waals surface area contributed by atoms with Crippen LogP contribution in [0.3, 0.4) is 0 Å². The largest absolute Gasteiger partial charge is 0.313 e. The van der Waals surface area contributed by atoms with Crippen LogP contribution in [0, 0.1) is 11.2 Å². The molecule has 0 aliphatic carbocycles. The molecule has 1 fully saturated rings. The van der Waals surface area contributed by atoms with Gasteiger partial charge in [0, 0.05) is 13.1 Å². The lowest BCUT2D eigenvalue weighted by Crippen LogP contribution is -2.53. The number of para-hydroxylation sites is 1. The maximum Gasteiger partial charge on any atom is 0.234 e. The number of rotatable bonds is 1. The summed E-state index contributed by atoms with van der Waals surface area (Å²) in [7, 11) is 0. The van der Waals surface area contributed by atoms with Gasteiger partial charge in [0.1, 0.15) is 5.82 Å². The van der Waals surface area contributed by atoms with Crippen LogP contribution in [0.2, 0.25) is 0 Å². The van der Waals surface area contributed by atoms with E-state index in [0.717, 1.165) is 0 Å². The van der Waals surface area contributed by atoms with Crippen molar-refractivity contribution in [1.29, 1.82) is 0 Å². The second kappa shape index (κ2) is 4.60. The number of carbonyl (C=O) groups excluding carboxylic acids is 1. The molecule has 4 heteroatoms. The first-order valence-corrected chi connectivity index (χ1v) is 6.56. The van der Waals surface area contributed by atoms with Crippen LogP contribution in [0.1, 0.15) is 27.7 Å². The van der Waals surface area contributed by atoms with Crippen LogP contribution < -0.4 is 10.2 Å². The Labute approximate surface area is 113 Å². The third kappa shape index (κ3) is 2.50. The van der Waals surface area contributed by atoms with Crippen LogP contribution in [0.5, 0.6) is 0 Å². The lowest BCUT2D eigenvalue weighted by molar-refractivity contribution is -0.126. The fourth-order valence-electron chi connectivity index (χ4n) is 2.48. The van der Waals surface area contributed by atoms with Gasteiger partial charge in [-0.3, -0.25) is 4.79 Å². The Morgan fingerprint density at radius 3 is 2.42 bits per heavy atom. The van der Waals surface area contributed by atoms with E-state index in [9.17, 15) is 9.18 Å². The molecule has 1 amide bonds. The SMILES string of the molecule is CC1(C)CNCC(C)(C)N(c2ccccc2F)C1=O. The zero-order valence-corrected chi connectivity index (χ0v) is 12.0. The summed E-state index contributed by atoms with van der Waals surface area (Å²) in [6.45, 7) is 8.91. The van der Waals surface area contributed by atoms with Crippen molar-refractivity contribution in [2.75, 3.05) is 18.0 Å². The summed E-state index contributed by atoms with van der Waals surface area (Å²) < 4.78 is 14.1. The smallest absolute Gasteiger partial charge is 0.234 e. The third-order valence-electron chi connectivity index (χ3n) is 3.61. The van der Waals surface area contributed by atoms with E-state index >= 15 is 0 Å². The Balaban J connectivity index is 2.55. The highest BCUT2D eigenvalue weighted by Gasteiger charge is 2.43. The maximum atomic E-state index is 14.1. The highest BCUT2D eigenvalue weighted by atomic mass is 19.1. The van der Waals surface area contributed by atoms with E-state index in [1.165, 1.54) is 6.07 Å². The van der Waals surface area contributed by atoms with Crippen LogP contribution in [0.15, 0.2) is 24.3 Å². The first-order valence-electron chi connectivity index (χ1n) is 6.56. The molecule has 1 aromatic carbocycles. The molecule has 1 aliphatic rings. The molecule has 0 aromatic heterocycles. The fraction of sp³-hybridized carbons (Fsp3) is 0.533. The Morgan fingerprint density at radius 2 is 1.79 bits per heavy atom. The van der Waals surface area contributed by atoms with E-state index < -0.39 is 11.0 Å². The molecule has 1 N–H and O–H groups in total. The van der Waals surface area contributed by atoms with Gasteiger partial charge in [-0.15, -0.1) is 0 Å². The number of nitrogens with one attached hydrogen (secondary N) is 1. The van der Waals surface area contributed by atoms with Gasteiger partial charge in [-0.2, -0.15) is 0 Å². The lowest BCUT2D eigenvalue weighted by atomic mass is 9.90. The van der Waals surface area contributed by atoms with Crippen LogP contribution in [0.25, 0.3) is 0 Å². The van der Waals surface area contributed by atoms with Crippen molar-refractivity contribution < 1.29 is 9.18 Å². The van der Waals surface area contributed by atoms with Crippen LogP contribution >= 0.6 is 0 Å². The van der Waals surface area contributed by atoms with Crippen LogP contribution in [-0.4, -0.2) is 24.5 Å². The summed E-state index contributed by atoms with van der Waals surface area (Å²) in [5.74, 6) is -0.408. The minimum atomic E-state index is -0.546. The first-order chi connectivity index (χ1) is 8.76. The molecule has 104 valence electrons. The van der Waals surface area contributed by atoms with Gasteiger partial charge in [0.2, 0.25) is 5.91 Å². The molecule has 1 aliphatic heterocycles. The summed E-state index contributed by atoms with van der Waals surface area (Å²) >= 11 is 0. The van der Waals surface area contributed by atoms with Gasteiger partial charge in [-0.05, 0) is 39.8 Å². The van der Waals surface area contributed by atoms with Crippen molar-refractivity contribution in [2.45, 2.75) is 33.2 Å². The van der Waals surface area contributed by atoms with Gasteiger partial charge < -0.3 is 10.2 Å². The predicted molar refractivity (Wildman–Crippen MR) is 74.6 cm³/mol. The van der Waals surface area contributed by atoms with Crippen molar-refractivity contribution >= 4 is 11.6 Å². The molecule has 0 atom stereocenters. The zero-order chi connectivity index (χ0) is 14.3. The summed E-state index contributed by atoms with van der Waals surface area (Å²) in [5, 5.41) is 3.29. The number of carbonyl (C=O) groups is 1. The molecule has 1 heterocycles. The van der Waals surface area contributed by atoms with E-state index in [2.05, 4.69) is 5.32 Å². The fourth-order valence-corrected chi connectivity index (χ4v) is 2.48. The highest BCUT2D eigenvalue weighted by molar-refractivity contribution is 5.99. The minimum absolute atomic E-state index is 0.0485.